The Balaban J connectivity index is 2.55. The minimum absolute atomic E-state index is 0.221. The molecule has 0 atom stereocenters. The Morgan fingerprint density at radius 1 is 1.00 bits per heavy atom. The third kappa shape index (κ3) is 6.54. The quantitative estimate of drug-likeness (QED) is 0.678. The molecule has 0 spiro atoms. The van der Waals surface area contributed by atoms with Gasteiger partial charge in [0.05, 0.1) is 8.80 Å². The fourth-order valence-corrected chi connectivity index (χ4v) is 15.6. The highest BCUT2D eigenvalue weighted by Gasteiger charge is 2.16. The normalized spacial score (nSPS) is 11.7. The molecule has 93 valence electrons. The Morgan fingerprint density at radius 2 is 1.65 bits per heavy atom. The van der Waals surface area contributed by atoms with Crippen LogP contribution in [0.4, 0.5) is 0 Å². The number of rotatable bonds is 7. The second-order valence-electron chi connectivity index (χ2n) is 5.59. The van der Waals surface area contributed by atoms with Gasteiger partial charge in [-0.25, -0.2) is 0 Å². The summed E-state index contributed by atoms with van der Waals surface area (Å²) in [6.45, 7) is 9.99. The summed E-state index contributed by atoms with van der Waals surface area (Å²) >= 11 is 0. The van der Waals surface area contributed by atoms with Crippen molar-refractivity contribution in [3.63, 3.8) is 0 Å². The Hall–Kier alpha value is 0.0875. The van der Waals surface area contributed by atoms with E-state index < -0.39 is 8.80 Å². The summed E-state index contributed by atoms with van der Waals surface area (Å²) in [5, 5.41) is 1.69. The Kier molecular flexibility index (Phi) is 7.34. The molecular formula is C13H25Si4. The Labute approximate surface area is 114 Å². The fourth-order valence-electron chi connectivity index (χ4n) is 1.97. The van der Waals surface area contributed by atoms with Gasteiger partial charge in [-0.15, -0.1) is 0 Å². The van der Waals surface area contributed by atoms with Gasteiger partial charge in [0, 0.05) is 27.1 Å². The zero-order valence-corrected chi connectivity index (χ0v) is 16.0. The van der Waals surface area contributed by atoms with Crippen LogP contribution >= 0.6 is 0 Å². The molecule has 0 nitrogen and oxygen atoms in total. The second kappa shape index (κ2) is 8.24. The average molecular weight is 294 g/mol. The maximum atomic E-state index is 2.51. The van der Waals surface area contributed by atoms with E-state index in [-0.39, 0.29) is 17.6 Å². The summed E-state index contributed by atoms with van der Waals surface area (Å²) in [5.74, 6) is 0. The van der Waals surface area contributed by atoms with E-state index in [9.17, 15) is 0 Å². The highest BCUT2D eigenvalue weighted by atomic mass is 28.4. The lowest BCUT2D eigenvalue weighted by atomic mass is 10.4. The molecule has 0 aliphatic carbocycles. The van der Waals surface area contributed by atoms with Crippen molar-refractivity contribution < 1.29 is 0 Å². The molecule has 0 aromatic heterocycles. The van der Waals surface area contributed by atoms with Gasteiger partial charge in [-0.3, -0.25) is 0 Å². The fraction of sp³-hybridized carbons (Fsp3) is 0.538. The van der Waals surface area contributed by atoms with Crippen LogP contribution in [0.1, 0.15) is 0 Å². The smallest absolute Gasteiger partial charge is 0.0724 e. The molecule has 0 bridgehead atoms. The first kappa shape index (κ1) is 15.1. The molecule has 0 aliphatic heterocycles. The first-order valence-electron chi connectivity index (χ1n) is 6.70. The Bertz CT molecular complexity index is 298. The van der Waals surface area contributed by atoms with E-state index in [4.69, 9.17) is 0 Å². The van der Waals surface area contributed by atoms with Crippen molar-refractivity contribution in [3.05, 3.63) is 30.3 Å². The van der Waals surface area contributed by atoms with Crippen LogP contribution in [0.5, 0.6) is 0 Å². The lowest BCUT2D eigenvalue weighted by molar-refractivity contribution is 1.64. The first-order valence-corrected chi connectivity index (χ1v) is 16.3. The van der Waals surface area contributed by atoms with E-state index in [1.807, 2.05) is 0 Å². The van der Waals surface area contributed by atoms with Crippen molar-refractivity contribution in [3.8, 4) is 0 Å². The molecule has 0 aliphatic rings. The zero-order chi connectivity index (χ0) is 12.7. The molecule has 4 heteroatoms. The third-order valence-corrected chi connectivity index (χ3v) is 16.2. The number of benzene rings is 1. The van der Waals surface area contributed by atoms with E-state index in [0.29, 0.717) is 0 Å². The average Bonchev–Trinajstić information content (AvgIpc) is 2.28. The summed E-state index contributed by atoms with van der Waals surface area (Å²) in [4.78, 5) is 0. The lowest BCUT2D eigenvalue weighted by Gasteiger charge is -2.17. The molecular weight excluding hydrogens is 268 g/mol. The first-order chi connectivity index (χ1) is 8.09. The standard InChI is InChI=1S/C13H25Si4/c1-15(2)10-14-11-17(12-16(3)4)13-8-6-5-7-9-13/h5-9,15-16H,10-12H2,1-4H3. The molecule has 0 heterocycles. The molecule has 17 heavy (non-hydrogen) atoms. The molecule has 0 saturated carbocycles. The lowest BCUT2D eigenvalue weighted by Crippen LogP contribution is -2.35. The summed E-state index contributed by atoms with van der Waals surface area (Å²) in [6.07, 6.45) is 0. The number of hydrogen-bond acceptors (Lipinski definition) is 0. The SMILES string of the molecule is C[SiH](C)C[Si]C[Si](C[SiH](C)C)c1ccccc1. The van der Waals surface area contributed by atoms with Gasteiger partial charge in [0.25, 0.3) is 0 Å². The maximum absolute atomic E-state index is 2.51. The van der Waals surface area contributed by atoms with Gasteiger partial charge in [0.2, 0.25) is 0 Å². The van der Waals surface area contributed by atoms with Crippen molar-refractivity contribution in [2.24, 2.45) is 0 Å². The topological polar surface area (TPSA) is 0 Å². The second-order valence-corrected chi connectivity index (χ2v) is 18.1. The summed E-state index contributed by atoms with van der Waals surface area (Å²) in [5.41, 5.74) is 4.70. The van der Waals surface area contributed by atoms with Crippen molar-refractivity contribution in [2.75, 3.05) is 0 Å². The molecule has 1 aromatic rings. The molecule has 1 aromatic carbocycles. The van der Waals surface area contributed by atoms with Crippen molar-refractivity contribution >= 4 is 41.1 Å². The molecule has 1 rings (SSSR count). The van der Waals surface area contributed by atoms with Gasteiger partial charge in [-0.05, 0) is 0 Å². The van der Waals surface area contributed by atoms with Crippen LogP contribution in [-0.4, -0.2) is 35.9 Å². The predicted molar refractivity (Wildman–Crippen MR) is 89.8 cm³/mol. The van der Waals surface area contributed by atoms with Crippen LogP contribution in [0.3, 0.4) is 0 Å². The van der Waals surface area contributed by atoms with Crippen LogP contribution < -0.4 is 5.19 Å². The molecule has 0 unspecified atom stereocenters. The zero-order valence-electron chi connectivity index (χ0n) is 11.7. The van der Waals surface area contributed by atoms with Crippen LogP contribution in [0.25, 0.3) is 0 Å². The van der Waals surface area contributed by atoms with Crippen LogP contribution in [0, 0.1) is 0 Å². The van der Waals surface area contributed by atoms with Crippen LogP contribution in [0.15, 0.2) is 30.3 Å². The summed E-state index contributed by atoms with van der Waals surface area (Å²) in [7, 11) is 0.303. The molecule has 0 fully saturated rings. The molecule has 0 N–H and O–H groups in total. The van der Waals surface area contributed by atoms with E-state index in [2.05, 4.69) is 56.5 Å². The summed E-state index contributed by atoms with van der Waals surface area (Å²) < 4.78 is 0. The highest BCUT2D eigenvalue weighted by Crippen LogP contribution is 2.05. The maximum Gasteiger partial charge on any atom is 0.0794 e. The van der Waals surface area contributed by atoms with E-state index in [1.54, 1.807) is 22.2 Å². The largest absolute Gasteiger partial charge is 0.0794 e. The van der Waals surface area contributed by atoms with Crippen molar-refractivity contribution in [2.45, 2.75) is 43.2 Å². The van der Waals surface area contributed by atoms with Crippen molar-refractivity contribution in [1.82, 2.24) is 0 Å². The van der Waals surface area contributed by atoms with Crippen LogP contribution in [-0.2, 0) is 0 Å². The Morgan fingerprint density at radius 3 is 2.18 bits per heavy atom. The van der Waals surface area contributed by atoms with E-state index >= 15 is 0 Å². The monoisotopic (exact) mass is 293 g/mol. The van der Waals surface area contributed by atoms with Gasteiger partial charge in [0.15, 0.2) is 0 Å². The van der Waals surface area contributed by atoms with E-state index in [0.717, 1.165) is 0 Å². The predicted octanol–water partition coefficient (Wildman–Crippen LogP) is 2.52. The third-order valence-electron chi connectivity index (χ3n) is 2.73. The molecule has 0 amide bonds. The van der Waals surface area contributed by atoms with Gasteiger partial charge < -0.3 is 0 Å². The van der Waals surface area contributed by atoms with Crippen molar-refractivity contribution in [1.29, 1.82) is 0 Å². The molecule has 0 saturated heterocycles. The van der Waals surface area contributed by atoms with Crippen LogP contribution in [0.2, 0.25) is 43.2 Å². The minimum atomic E-state index is -0.404. The summed E-state index contributed by atoms with van der Waals surface area (Å²) in [6, 6.07) is 11.4. The van der Waals surface area contributed by atoms with Gasteiger partial charge in [-0.2, -0.15) is 0 Å². The van der Waals surface area contributed by atoms with Gasteiger partial charge >= 0.3 is 0 Å². The van der Waals surface area contributed by atoms with Gasteiger partial charge in [-0.1, -0.05) is 78.7 Å². The highest BCUT2D eigenvalue weighted by molar-refractivity contribution is 6.89. The number of hydrogen-bond donors (Lipinski definition) is 0. The van der Waals surface area contributed by atoms with Gasteiger partial charge in [0.1, 0.15) is 0 Å². The minimum Gasteiger partial charge on any atom is -0.0724 e. The molecule has 3 radical (unpaired) electrons. The van der Waals surface area contributed by atoms with E-state index in [1.165, 1.54) is 9.52 Å².